The van der Waals surface area contributed by atoms with Gasteiger partial charge in [-0.1, -0.05) is 55.0 Å². The van der Waals surface area contributed by atoms with Gasteiger partial charge in [-0.05, 0) is 36.7 Å². The van der Waals surface area contributed by atoms with Crippen molar-refractivity contribution in [3.8, 4) is 0 Å². The maximum Gasteiger partial charge on any atom is 0.0705 e. The molecule has 2 aromatic carbocycles. The second kappa shape index (κ2) is 6.06. The molecule has 0 saturated heterocycles. The topological polar surface area (TPSA) is 24.9 Å². The van der Waals surface area contributed by atoms with Crippen LogP contribution in [0.3, 0.4) is 0 Å². The highest BCUT2D eigenvalue weighted by atomic mass is 14.9. The quantitative estimate of drug-likeness (QED) is 0.771. The first kappa shape index (κ1) is 13.8. The summed E-state index contributed by atoms with van der Waals surface area (Å²) in [7, 11) is 0. The number of aryl methyl sites for hydroxylation is 1. The third-order valence-corrected chi connectivity index (χ3v) is 3.78. The highest BCUT2D eigenvalue weighted by Crippen LogP contribution is 2.28. The van der Waals surface area contributed by atoms with E-state index in [-0.39, 0.29) is 6.04 Å². The standard InChI is InChI=1S/C19H20N2/c1-3-20-19(15-8-6-7-14(2)13-15)17-11-12-21-18-10-5-4-9-16(17)18/h4-13,19-20H,3H2,1-2H3. The molecule has 21 heavy (non-hydrogen) atoms. The SMILES string of the molecule is CCNC(c1cccc(C)c1)c1ccnc2ccccc12. The molecule has 0 aliphatic rings. The molecule has 1 heterocycles. The number of para-hydroxylation sites is 1. The van der Waals surface area contributed by atoms with Crippen LogP contribution in [-0.2, 0) is 0 Å². The lowest BCUT2D eigenvalue weighted by atomic mass is 9.95. The number of aromatic nitrogens is 1. The van der Waals surface area contributed by atoms with Crippen LogP contribution in [0, 0.1) is 6.92 Å². The van der Waals surface area contributed by atoms with Crippen molar-refractivity contribution in [3.63, 3.8) is 0 Å². The van der Waals surface area contributed by atoms with Gasteiger partial charge in [0, 0.05) is 11.6 Å². The molecule has 1 atom stereocenters. The van der Waals surface area contributed by atoms with E-state index in [1.54, 1.807) is 0 Å². The van der Waals surface area contributed by atoms with Crippen LogP contribution in [0.25, 0.3) is 10.9 Å². The molecule has 0 fully saturated rings. The van der Waals surface area contributed by atoms with Gasteiger partial charge in [0.15, 0.2) is 0 Å². The van der Waals surface area contributed by atoms with Crippen LogP contribution in [0.1, 0.15) is 29.7 Å². The minimum atomic E-state index is 0.197. The van der Waals surface area contributed by atoms with Crippen LogP contribution >= 0.6 is 0 Å². The molecular formula is C19H20N2. The molecule has 0 saturated carbocycles. The molecule has 1 N–H and O–H groups in total. The first-order valence-corrected chi connectivity index (χ1v) is 7.43. The Morgan fingerprint density at radius 1 is 1.05 bits per heavy atom. The summed E-state index contributed by atoms with van der Waals surface area (Å²) in [6, 6.07) is 19.4. The molecule has 2 nitrogen and oxygen atoms in total. The summed E-state index contributed by atoms with van der Waals surface area (Å²) in [4.78, 5) is 4.47. The Morgan fingerprint density at radius 3 is 2.71 bits per heavy atom. The van der Waals surface area contributed by atoms with Crippen LogP contribution in [0.15, 0.2) is 60.8 Å². The number of hydrogen-bond donors (Lipinski definition) is 1. The van der Waals surface area contributed by atoms with Crippen LogP contribution in [0.4, 0.5) is 0 Å². The van der Waals surface area contributed by atoms with Gasteiger partial charge in [0.05, 0.1) is 11.6 Å². The van der Waals surface area contributed by atoms with E-state index in [2.05, 4.69) is 72.7 Å². The zero-order valence-corrected chi connectivity index (χ0v) is 12.5. The number of pyridine rings is 1. The fourth-order valence-corrected chi connectivity index (χ4v) is 2.83. The van der Waals surface area contributed by atoms with Crippen molar-refractivity contribution in [1.29, 1.82) is 0 Å². The molecule has 3 aromatic rings. The fourth-order valence-electron chi connectivity index (χ4n) is 2.83. The highest BCUT2D eigenvalue weighted by Gasteiger charge is 2.15. The molecular weight excluding hydrogens is 256 g/mol. The Balaban J connectivity index is 2.16. The smallest absolute Gasteiger partial charge is 0.0705 e. The largest absolute Gasteiger partial charge is 0.307 e. The first-order chi connectivity index (χ1) is 10.3. The summed E-state index contributed by atoms with van der Waals surface area (Å²) in [6.45, 7) is 5.21. The second-order valence-electron chi connectivity index (χ2n) is 5.32. The van der Waals surface area contributed by atoms with Gasteiger partial charge in [0.2, 0.25) is 0 Å². The number of rotatable bonds is 4. The van der Waals surface area contributed by atoms with Crippen LogP contribution < -0.4 is 5.32 Å². The summed E-state index contributed by atoms with van der Waals surface area (Å²) in [5, 5.41) is 4.82. The lowest BCUT2D eigenvalue weighted by molar-refractivity contribution is 0.633. The van der Waals surface area contributed by atoms with Crippen molar-refractivity contribution in [2.75, 3.05) is 6.54 Å². The van der Waals surface area contributed by atoms with E-state index in [0.717, 1.165) is 12.1 Å². The summed E-state index contributed by atoms with van der Waals surface area (Å²) < 4.78 is 0. The molecule has 106 valence electrons. The maximum atomic E-state index is 4.47. The molecule has 0 bridgehead atoms. The third-order valence-electron chi connectivity index (χ3n) is 3.78. The van der Waals surface area contributed by atoms with Gasteiger partial charge >= 0.3 is 0 Å². The van der Waals surface area contributed by atoms with Gasteiger partial charge < -0.3 is 5.32 Å². The maximum absolute atomic E-state index is 4.47. The third kappa shape index (κ3) is 2.81. The molecule has 3 rings (SSSR count). The summed E-state index contributed by atoms with van der Waals surface area (Å²) in [5.74, 6) is 0. The lowest BCUT2D eigenvalue weighted by Crippen LogP contribution is -2.22. The zero-order chi connectivity index (χ0) is 14.7. The average Bonchev–Trinajstić information content (AvgIpc) is 2.52. The van der Waals surface area contributed by atoms with E-state index < -0.39 is 0 Å². The molecule has 0 spiro atoms. The van der Waals surface area contributed by atoms with Gasteiger partial charge in [-0.15, -0.1) is 0 Å². The van der Waals surface area contributed by atoms with Crippen LogP contribution in [-0.4, -0.2) is 11.5 Å². The molecule has 0 aliphatic carbocycles. The van der Waals surface area contributed by atoms with Crippen molar-refractivity contribution in [2.45, 2.75) is 19.9 Å². The predicted molar refractivity (Wildman–Crippen MR) is 88.4 cm³/mol. The number of hydrogen-bond acceptors (Lipinski definition) is 2. The van der Waals surface area contributed by atoms with E-state index in [0.29, 0.717) is 0 Å². The van der Waals surface area contributed by atoms with Gasteiger partial charge in [-0.25, -0.2) is 0 Å². The number of fused-ring (bicyclic) bond motifs is 1. The van der Waals surface area contributed by atoms with Crippen molar-refractivity contribution < 1.29 is 0 Å². The summed E-state index contributed by atoms with van der Waals surface area (Å²) in [5.41, 5.74) is 4.92. The number of nitrogens with one attached hydrogen (secondary N) is 1. The number of nitrogens with zero attached hydrogens (tertiary/aromatic N) is 1. The summed E-state index contributed by atoms with van der Waals surface area (Å²) >= 11 is 0. The zero-order valence-electron chi connectivity index (χ0n) is 12.5. The Kier molecular flexibility index (Phi) is 3.98. The monoisotopic (exact) mass is 276 g/mol. The molecule has 1 unspecified atom stereocenters. The van der Waals surface area contributed by atoms with Crippen molar-refractivity contribution in [2.24, 2.45) is 0 Å². The Morgan fingerprint density at radius 2 is 1.90 bits per heavy atom. The second-order valence-corrected chi connectivity index (χ2v) is 5.32. The van der Waals surface area contributed by atoms with E-state index in [9.17, 15) is 0 Å². The normalized spacial score (nSPS) is 12.5. The molecule has 0 radical (unpaired) electrons. The highest BCUT2D eigenvalue weighted by molar-refractivity contribution is 5.82. The Bertz CT molecular complexity index is 744. The van der Waals surface area contributed by atoms with E-state index in [1.807, 2.05) is 12.3 Å². The lowest BCUT2D eigenvalue weighted by Gasteiger charge is -2.21. The fraction of sp³-hybridized carbons (Fsp3) is 0.211. The van der Waals surface area contributed by atoms with E-state index in [4.69, 9.17) is 0 Å². The van der Waals surface area contributed by atoms with Gasteiger partial charge in [-0.2, -0.15) is 0 Å². The molecule has 1 aromatic heterocycles. The van der Waals surface area contributed by atoms with Crippen LogP contribution in [0.5, 0.6) is 0 Å². The minimum Gasteiger partial charge on any atom is -0.307 e. The van der Waals surface area contributed by atoms with E-state index >= 15 is 0 Å². The van der Waals surface area contributed by atoms with Gasteiger partial charge in [0.1, 0.15) is 0 Å². The molecule has 0 amide bonds. The number of benzene rings is 2. The van der Waals surface area contributed by atoms with Crippen molar-refractivity contribution in [3.05, 3.63) is 77.5 Å². The Hall–Kier alpha value is -2.19. The molecule has 0 aliphatic heterocycles. The minimum absolute atomic E-state index is 0.197. The van der Waals surface area contributed by atoms with E-state index in [1.165, 1.54) is 22.1 Å². The molecule has 2 heteroatoms. The predicted octanol–water partition coefficient (Wildman–Crippen LogP) is 4.24. The first-order valence-electron chi connectivity index (χ1n) is 7.43. The van der Waals surface area contributed by atoms with Crippen molar-refractivity contribution in [1.82, 2.24) is 10.3 Å². The van der Waals surface area contributed by atoms with Gasteiger partial charge in [0.25, 0.3) is 0 Å². The van der Waals surface area contributed by atoms with Crippen LogP contribution in [0.2, 0.25) is 0 Å². The van der Waals surface area contributed by atoms with Crippen molar-refractivity contribution >= 4 is 10.9 Å². The van der Waals surface area contributed by atoms with Gasteiger partial charge in [-0.3, -0.25) is 4.98 Å². The average molecular weight is 276 g/mol. The summed E-state index contributed by atoms with van der Waals surface area (Å²) in [6.07, 6.45) is 1.90. The Labute approximate surface area is 125 Å².